The Morgan fingerprint density at radius 2 is 1.63 bits per heavy atom. The minimum Gasteiger partial charge on any atom is -0.744 e. The number of allylic oxidation sites excluding steroid dienone is 2. The summed E-state index contributed by atoms with van der Waals surface area (Å²) in [5, 5.41) is 9.44. The molecule has 0 atom stereocenters. The fourth-order valence-corrected chi connectivity index (χ4v) is 5.97. The molecular weight excluding hydrogens is 747 g/mol. The number of rotatable bonds is 3. The number of hydrogen-bond donors (Lipinski definition) is 1. The zero-order valence-electron chi connectivity index (χ0n) is 21.2. The summed E-state index contributed by atoms with van der Waals surface area (Å²) in [6, 6.07) is 3.05. The molecule has 1 aromatic carbocycles. The van der Waals surface area contributed by atoms with E-state index in [2.05, 4.69) is 6.08 Å². The topological polar surface area (TPSA) is 102 Å². The van der Waals surface area contributed by atoms with Crippen LogP contribution in [0.1, 0.15) is 57.8 Å². The van der Waals surface area contributed by atoms with Crippen LogP contribution >= 0.6 is 0 Å². The first-order valence-electron chi connectivity index (χ1n) is 9.92. The summed E-state index contributed by atoms with van der Waals surface area (Å²) in [7, 11) is -6.62. The van der Waals surface area contributed by atoms with Crippen LogP contribution in [0.2, 0.25) is 0 Å². The Labute approximate surface area is 242 Å². The Balaban J connectivity index is 0.00000204. The molecular formula is C22H21BFN2Na2O5RfS+. The molecule has 0 radical (unpaired) electrons. The number of aromatic nitrogens is 1. The summed E-state index contributed by atoms with van der Waals surface area (Å²) in [6.07, 6.45) is 3.14. The molecule has 3 heterocycles. The average Bonchev–Trinajstić information content (AvgIpc) is 3.10. The maximum Gasteiger partial charge on any atom is 1.00 e. The van der Waals surface area contributed by atoms with Crippen LogP contribution < -0.4 is 59.1 Å². The van der Waals surface area contributed by atoms with Crippen LogP contribution in [0, 0.1) is 33.8 Å². The van der Waals surface area contributed by atoms with Gasteiger partial charge in [-0.15, -0.1) is 5.57 Å². The zero-order valence-corrected chi connectivity index (χ0v) is 32.4. The molecule has 4 rings (SSSR count). The van der Waals surface area contributed by atoms with Gasteiger partial charge in [-0.1, -0.05) is 6.92 Å². The first kappa shape index (κ1) is 31.1. The Morgan fingerprint density at radius 1 is 1.11 bits per heavy atom. The van der Waals surface area contributed by atoms with E-state index in [9.17, 15) is 22.9 Å². The molecule has 168 valence electrons. The van der Waals surface area contributed by atoms with Crippen LogP contribution in [0.25, 0.3) is 5.57 Å². The molecule has 0 saturated heterocycles. The maximum absolute atomic E-state index is 15.9. The van der Waals surface area contributed by atoms with Gasteiger partial charge in [0.2, 0.25) is 0 Å². The SMILES string of the molecule is CC1=[C-]C(C)=[N+]2B(F)n3c(C)c(S(=O)(=O)[O-])c(C)c3C(c3c(C)cc(C(=O)O)cc3C)=C12.[Na+].[Na+].[Rf]. The van der Waals surface area contributed by atoms with E-state index in [0.717, 1.165) is 0 Å². The molecule has 0 amide bonds. The normalized spacial score (nSPS) is 14.5. The number of aryl methyl sites for hydroxylation is 2. The molecule has 7 nitrogen and oxygen atoms in total. The van der Waals surface area contributed by atoms with Crippen molar-refractivity contribution in [2.45, 2.75) is 46.4 Å². The van der Waals surface area contributed by atoms with Gasteiger partial charge in [0.05, 0.1) is 16.2 Å². The first-order valence-corrected chi connectivity index (χ1v) is 11.3. The van der Waals surface area contributed by atoms with Gasteiger partial charge in [-0.25, -0.2) is 17.5 Å². The molecule has 0 bridgehead atoms. The fourth-order valence-electron chi connectivity index (χ4n) is 5.04. The standard InChI is InChI=1S/C22H22BFN2O5S.2Na.Rf/c1-10-8-16(22(27)28)9-11(2)17(10)18-19-12(3)7-13(4)25(19)23(24)26-15(6)21(32(29,30)31)14(5)20(18)26;;;/h8-9H,1-6H3,(H,27,28)(H,29,30,31);;;/q;2*+1;/p-1. The minimum absolute atomic E-state index is 0. The molecule has 0 fully saturated rings. The van der Waals surface area contributed by atoms with Gasteiger partial charge in [-0.2, -0.15) is 6.08 Å². The second kappa shape index (κ2) is 10.2. The van der Waals surface area contributed by atoms with Crippen LogP contribution in [-0.2, 0) is 10.1 Å². The molecule has 35 heavy (non-hydrogen) atoms. The summed E-state index contributed by atoms with van der Waals surface area (Å²) in [6.45, 7) is 9.91. The third-order valence-electron chi connectivity index (χ3n) is 6.13. The van der Waals surface area contributed by atoms with Gasteiger partial charge in [0, 0.05) is 17.1 Å². The summed E-state index contributed by atoms with van der Waals surface area (Å²) in [5.41, 5.74) is 4.77. The fraction of sp³-hybridized carbons (Fsp3) is 0.273. The molecule has 2 aromatic rings. The average molecular weight is 768 g/mol. The molecule has 13 heteroatoms. The predicted molar refractivity (Wildman–Crippen MR) is 116 cm³/mol. The monoisotopic (exact) mass is 768 g/mol. The van der Waals surface area contributed by atoms with Crippen LogP contribution in [0.5, 0.6) is 0 Å². The van der Waals surface area contributed by atoms with Crippen molar-refractivity contribution in [3.63, 3.8) is 0 Å². The number of aromatic carboxylic acids is 1. The minimum atomic E-state index is -4.86. The van der Waals surface area contributed by atoms with Crippen molar-refractivity contribution < 1.29 is 90.8 Å². The number of hydrogen-bond acceptors (Lipinski definition) is 4. The Hall–Kier alpha value is -1.98. The van der Waals surface area contributed by atoms with Crippen molar-refractivity contribution in [1.82, 2.24) is 4.48 Å². The first-order chi connectivity index (χ1) is 14.8. The summed E-state index contributed by atoms with van der Waals surface area (Å²) in [5.74, 6) is -1.07. The van der Waals surface area contributed by atoms with Crippen LogP contribution in [0.15, 0.2) is 28.3 Å². The number of carboxylic acid groups (broad SMARTS) is 1. The number of benzene rings is 1. The molecule has 2 aliphatic heterocycles. The molecule has 0 aliphatic carbocycles. The van der Waals surface area contributed by atoms with Gasteiger partial charge in [0.25, 0.3) is 0 Å². The molecule has 0 saturated carbocycles. The van der Waals surface area contributed by atoms with Gasteiger partial charge in [-0.3, -0.25) is 4.48 Å². The van der Waals surface area contributed by atoms with E-state index in [4.69, 9.17) is 0 Å². The van der Waals surface area contributed by atoms with E-state index in [1.165, 1.54) is 34.9 Å². The van der Waals surface area contributed by atoms with E-state index in [1.807, 2.05) is 0 Å². The molecule has 1 N–H and O–H groups in total. The van der Waals surface area contributed by atoms with Gasteiger partial charge in [-0.05, 0) is 74.6 Å². The summed E-state index contributed by atoms with van der Waals surface area (Å²) in [4.78, 5) is 11.1. The zero-order chi connectivity index (χ0) is 23.9. The van der Waals surface area contributed by atoms with Crippen molar-refractivity contribution in [1.29, 1.82) is 0 Å². The molecule has 0 spiro atoms. The van der Waals surface area contributed by atoms with Crippen molar-refractivity contribution in [3.8, 4) is 0 Å². The number of carbonyl (C=O) groups is 1. The predicted octanol–water partition coefficient (Wildman–Crippen LogP) is -2.86. The van der Waals surface area contributed by atoms with E-state index >= 15 is 4.32 Å². The van der Waals surface area contributed by atoms with E-state index in [1.54, 1.807) is 27.7 Å². The smallest absolute Gasteiger partial charge is 0.744 e. The molecule has 2 aliphatic rings. The van der Waals surface area contributed by atoms with Gasteiger partial charge < -0.3 is 14.1 Å². The molecule has 0 unspecified atom stereocenters. The third kappa shape index (κ3) is 4.51. The van der Waals surface area contributed by atoms with Gasteiger partial charge in [0.15, 0.2) is 0 Å². The van der Waals surface area contributed by atoms with Gasteiger partial charge >= 0.3 is 72.3 Å². The van der Waals surface area contributed by atoms with Crippen molar-refractivity contribution in [2.75, 3.05) is 0 Å². The number of carboxylic acids is 1. The van der Waals surface area contributed by atoms with Crippen LogP contribution in [-0.4, -0.2) is 46.0 Å². The van der Waals surface area contributed by atoms with Crippen molar-refractivity contribution in [3.05, 3.63) is 68.7 Å². The Kier molecular flexibility index (Phi) is 9.03. The number of halogens is 1. The maximum atomic E-state index is 15.9. The van der Waals surface area contributed by atoms with Crippen LogP contribution in [0.3, 0.4) is 0 Å². The summed E-state index contributed by atoms with van der Waals surface area (Å²) < 4.78 is 54.7. The third-order valence-corrected chi connectivity index (χ3v) is 7.23. The largest absolute Gasteiger partial charge is 1.00 e. The van der Waals surface area contributed by atoms with Crippen molar-refractivity contribution >= 4 is 34.6 Å². The second-order valence-electron chi connectivity index (χ2n) is 8.24. The Morgan fingerprint density at radius 3 is 2.09 bits per heavy atom. The van der Waals surface area contributed by atoms with Crippen LogP contribution in [0.4, 0.5) is 4.32 Å². The quantitative estimate of drug-likeness (QED) is 0.206. The van der Waals surface area contributed by atoms with E-state index in [-0.39, 0.29) is 75.9 Å². The number of fused-ring (bicyclic) bond motifs is 2. The molecule has 1 aromatic heterocycles. The van der Waals surface area contributed by atoms with Crippen molar-refractivity contribution in [2.24, 2.45) is 0 Å². The Bertz CT molecular complexity index is 1440. The van der Waals surface area contributed by atoms with Gasteiger partial charge in [0.1, 0.15) is 10.1 Å². The number of nitrogens with zero attached hydrogens (tertiary/aromatic N) is 2. The summed E-state index contributed by atoms with van der Waals surface area (Å²) >= 11 is 0. The second-order valence-corrected chi connectivity index (χ2v) is 9.56. The van der Waals surface area contributed by atoms with E-state index < -0.39 is 28.2 Å². The van der Waals surface area contributed by atoms with E-state index in [0.29, 0.717) is 44.9 Å².